The zero-order valence-corrected chi connectivity index (χ0v) is 23.8. The van der Waals surface area contributed by atoms with E-state index in [2.05, 4.69) is 10.0 Å². The number of carbonyl (C=O) groups excluding carboxylic acids is 2. The Morgan fingerprint density at radius 1 is 1.05 bits per heavy atom. The van der Waals surface area contributed by atoms with E-state index in [1.165, 1.54) is 6.07 Å². The van der Waals surface area contributed by atoms with Gasteiger partial charge in [0.25, 0.3) is 0 Å². The maximum Gasteiger partial charge on any atom is 0.305 e. The van der Waals surface area contributed by atoms with E-state index in [9.17, 15) is 22.8 Å². The monoisotopic (exact) mass is 569 g/mol. The molecule has 3 N–H and O–H groups in total. The van der Waals surface area contributed by atoms with Crippen molar-refractivity contribution in [2.75, 3.05) is 26.0 Å². The fourth-order valence-electron chi connectivity index (χ4n) is 4.33. The first-order valence-electron chi connectivity index (χ1n) is 12.8. The molecule has 0 aromatic heterocycles. The van der Waals surface area contributed by atoms with Crippen molar-refractivity contribution in [3.63, 3.8) is 0 Å². The Morgan fingerprint density at radius 2 is 1.75 bits per heavy atom. The number of carboxylic acids is 1. The molecule has 3 aromatic rings. The number of nitrogens with zero attached hydrogens (tertiary/aromatic N) is 1. The van der Waals surface area contributed by atoms with Crippen molar-refractivity contribution in [3.8, 4) is 5.75 Å². The molecule has 3 aromatic carbocycles. The summed E-state index contributed by atoms with van der Waals surface area (Å²) in [5.74, 6) is -1.96. The standard InChI is InChI=1S/C29H35N3O7S/c1-19(25-11-7-9-21-8-5-6-10-26(21)25)20(2)39-27-14-23(30-28(34)16-32(3)4)13-12-22(27)18-40(37,38)31-24(17-33)15-29(35)36/h5-14,17,19-20,24,31H,15-16,18H2,1-4H3,(H,30,34)(H,35,36)/t19-,20+,24?/m0/s1. The Kier molecular flexibility index (Phi) is 10.4. The highest BCUT2D eigenvalue weighted by molar-refractivity contribution is 7.88. The van der Waals surface area contributed by atoms with Crippen LogP contribution < -0.4 is 14.8 Å². The van der Waals surface area contributed by atoms with Crippen molar-refractivity contribution in [1.29, 1.82) is 0 Å². The van der Waals surface area contributed by atoms with Gasteiger partial charge >= 0.3 is 5.97 Å². The Morgan fingerprint density at radius 3 is 2.42 bits per heavy atom. The second-order valence-corrected chi connectivity index (χ2v) is 11.8. The Balaban J connectivity index is 1.92. The number of nitrogens with one attached hydrogen (secondary N) is 2. The van der Waals surface area contributed by atoms with Gasteiger partial charge in [0.1, 0.15) is 18.1 Å². The van der Waals surface area contributed by atoms with Crippen LogP contribution in [0.15, 0.2) is 60.7 Å². The lowest BCUT2D eigenvalue weighted by molar-refractivity contribution is -0.138. The van der Waals surface area contributed by atoms with Crippen molar-refractivity contribution in [2.45, 2.75) is 44.1 Å². The van der Waals surface area contributed by atoms with E-state index in [0.29, 0.717) is 5.69 Å². The number of sulfonamides is 1. The molecule has 0 aliphatic heterocycles. The maximum atomic E-state index is 12.9. The summed E-state index contributed by atoms with van der Waals surface area (Å²) in [4.78, 5) is 36.3. The van der Waals surface area contributed by atoms with Gasteiger partial charge in [0.2, 0.25) is 15.9 Å². The van der Waals surface area contributed by atoms with Crippen LogP contribution in [0, 0.1) is 0 Å². The van der Waals surface area contributed by atoms with Gasteiger partial charge in [-0.2, -0.15) is 0 Å². The quantitative estimate of drug-likeness (QED) is 0.251. The first kappa shape index (κ1) is 30.7. The van der Waals surface area contributed by atoms with Gasteiger partial charge in [0, 0.05) is 23.2 Å². The minimum atomic E-state index is -4.12. The van der Waals surface area contributed by atoms with Crippen LogP contribution in [-0.4, -0.2) is 69.4 Å². The zero-order valence-electron chi connectivity index (χ0n) is 23.0. The maximum absolute atomic E-state index is 12.9. The molecular formula is C29H35N3O7S. The van der Waals surface area contributed by atoms with E-state index in [0.717, 1.165) is 16.3 Å². The molecular weight excluding hydrogens is 534 g/mol. The summed E-state index contributed by atoms with van der Waals surface area (Å²) in [5.41, 5.74) is 1.78. The van der Waals surface area contributed by atoms with Crippen LogP contribution in [0.25, 0.3) is 10.8 Å². The second-order valence-electron chi connectivity index (χ2n) is 10.0. The molecule has 0 aliphatic carbocycles. The molecule has 0 fully saturated rings. The number of carbonyl (C=O) groups is 3. The normalized spacial score (nSPS) is 13.9. The lowest BCUT2D eigenvalue weighted by Crippen LogP contribution is -2.38. The average Bonchev–Trinajstić information content (AvgIpc) is 2.88. The number of rotatable bonds is 14. The van der Waals surface area contributed by atoms with Crippen LogP contribution in [0.4, 0.5) is 5.69 Å². The summed E-state index contributed by atoms with van der Waals surface area (Å²) in [6, 6.07) is 17.3. The van der Waals surface area contributed by atoms with Crippen molar-refractivity contribution < 1.29 is 32.6 Å². The predicted molar refractivity (Wildman–Crippen MR) is 154 cm³/mol. The third-order valence-corrected chi connectivity index (χ3v) is 7.73. The molecule has 0 aliphatic rings. The van der Waals surface area contributed by atoms with E-state index in [1.54, 1.807) is 31.1 Å². The van der Waals surface area contributed by atoms with Crippen LogP contribution in [0.1, 0.15) is 37.3 Å². The van der Waals surface area contributed by atoms with Gasteiger partial charge in [-0.3, -0.25) is 9.59 Å². The molecule has 0 radical (unpaired) electrons. The highest BCUT2D eigenvalue weighted by atomic mass is 32.2. The zero-order chi connectivity index (χ0) is 29.4. The van der Waals surface area contributed by atoms with Gasteiger partial charge in [-0.25, -0.2) is 13.1 Å². The number of likely N-dealkylation sites (N-methyl/N-ethyl adjacent to an activating group) is 1. The number of ether oxygens (including phenoxy) is 1. The molecule has 3 rings (SSSR count). The lowest BCUT2D eigenvalue weighted by atomic mass is 9.91. The molecule has 0 bridgehead atoms. The van der Waals surface area contributed by atoms with Crippen molar-refractivity contribution in [2.24, 2.45) is 0 Å². The highest BCUT2D eigenvalue weighted by Gasteiger charge is 2.24. The third kappa shape index (κ3) is 8.60. The summed E-state index contributed by atoms with van der Waals surface area (Å²) >= 11 is 0. The van der Waals surface area contributed by atoms with Crippen molar-refractivity contribution >= 4 is 44.6 Å². The number of carboxylic acid groups (broad SMARTS) is 1. The average molecular weight is 570 g/mol. The second kappa shape index (κ2) is 13.5. The number of benzene rings is 3. The highest BCUT2D eigenvalue weighted by Crippen LogP contribution is 2.32. The summed E-state index contributed by atoms with van der Waals surface area (Å²) in [7, 11) is -0.589. The Bertz CT molecular complexity index is 1470. The SMILES string of the molecule is C[C@H](c1cccc2ccccc12)[C@@H](C)Oc1cc(NC(=O)CN(C)C)ccc1CS(=O)(=O)NC(C=O)CC(=O)O. The number of aliphatic carboxylic acids is 1. The molecule has 0 saturated carbocycles. The number of anilines is 1. The topological polar surface area (TPSA) is 142 Å². The fraction of sp³-hybridized carbons (Fsp3) is 0.345. The van der Waals surface area contributed by atoms with Crippen LogP contribution >= 0.6 is 0 Å². The fourth-order valence-corrected chi connectivity index (χ4v) is 5.67. The Labute approximate surface area is 234 Å². The van der Waals surface area contributed by atoms with Gasteiger partial charge < -0.3 is 24.9 Å². The predicted octanol–water partition coefficient (Wildman–Crippen LogP) is 3.37. The molecule has 0 spiro atoms. The first-order valence-corrected chi connectivity index (χ1v) is 14.4. The lowest BCUT2D eigenvalue weighted by Gasteiger charge is -2.25. The molecule has 11 heteroatoms. The molecule has 1 unspecified atom stereocenters. The van der Waals surface area contributed by atoms with Crippen LogP contribution in [0.5, 0.6) is 5.75 Å². The van der Waals surface area contributed by atoms with Gasteiger partial charge in [-0.15, -0.1) is 0 Å². The van der Waals surface area contributed by atoms with Gasteiger partial charge in [-0.05, 0) is 43.4 Å². The molecule has 10 nitrogen and oxygen atoms in total. The minimum Gasteiger partial charge on any atom is -0.490 e. The van der Waals surface area contributed by atoms with E-state index < -0.39 is 40.3 Å². The van der Waals surface area contributed by atoms with Crippen LogP contribution in [0.3, 0.4) is 0 Å². The van der Waals surface area contributed by atoms with E-state index in [-0.39, 0.29) is 36.0 Å². The van der Waals surface area contributed by atoms with E-state index in [1.807, 2.05) is 56.3 Å². The molecule has 1 amide bonds. The number of hydrogen-bond acceptors (Lipinski definition) is 7. The van der Waals surface area contributed by atoms with Crippen LogP contribution in [0.2, 0.25) is 0 Å². The summed E-state index contributed by atoms with van der Waals surface area (Å²) < 4.78 is 34.2. The Hall–Kier alpha value is -3.80. The van der Waals surface area contributed by atoms with Crippen molar-refractivity contribution in [3.05, 3.63) is 71.8 Å². The molecule has 214 valence electrons. The van der Waals surface area contributed by atoms with Crippen LogP contribution in [-0.2, 0) is 30.2 Å². The van der Waals surface area contributed by atoms with E-state index in [4.69, 9.17) is 9.84 Å². The minimum absolute atomic E-state index is 0.0873. The summed E-state index contributed by atoms with van der Waals surface area (Å²) in [6.07, 6.45) is -0.828. The summed E-state index contributed by atoms with van der Waals surface area (Å²) in [5, 5.41) is 13.9. The summed E-state index contributed by atoms with van der Waals surface area (Å²) in [6.45, 7) is 4.06. The molecule has 0 saturated heterocycles. The number of hydrogen-bond donors (Lipinski definition) is 3. The number of fused-ring (bicyclic) bond motifs is 1. The van der Waals surface area contributed by atoms with E-state index >= 15 is 0 Å². The number of aldehydes is 1. The smallest absolute Gasteiger partial charge is 0.305 e. The largest absolute Gasteiger partial charge is 0.490 e. The molecule has 0 heterocycles. The van der Waals surface area contributed by atoms with Gasteiger partial charge in [0.15, 0.2) is 0 Å². The molecule has 40 heavy (non-hydrogen) atoms. The number of amides is 1. The first-order chi connectivity index (χ1) is 18.9. The van der Waals surface area contributed by atoms with Crippen molar-refractivity contribution in [1.82, 2.24) is 9.62 Å². The van der Waals surface area contributed by atoms with Gasteiger partial charge in [-0.1, -0.05) is 55.5 Å². The third-order valence-electron chi connectivity index (χ3n) is 6.38. The van der Waals surface area contributed by atoms with Gasteiger partial charge in [0.05, 0.1) is 24.8 Å². The molecule has 3 atom stereocenters.